The van der Waals surface area contributed by atoms with Gasteiger partial charge in [-0.15, -0.1) is 4.79 Å². The zero-order valence-electron chi connectivity index (χ0n) is 20.1. The first-order valence-corrected chi connectivity index (χ1v) is 13.2. The molecular formula is C23H30N2O6S2. The van der Waals surface area contributed by atoms with Crippen molar-refractivity contribution < 1.29 is 31.1 Å². The van der Waals surface area contributed by atoms with Crippen molar-refractivity contribution in [3.63, 3.8) is 0 Å². The Hall–Kier alpha value is -2.68. The molecule has 0 unspecified atom stereocenters. The molecule has 8 nitrogen and oxygen atoms in total. The highest BCUT2D eigenvalue weighted by Crippen LogP contribution is 2.30. The van der Waals surface area contributed by atoms with Crippen molar-refractivity contribution in [2.75, 3.05) is 0 Å². The van der Waals surface area contributed by atoms with Gasteiger partial charge in [0.25, 0.3) is 19.7 Å². The molecular weight excluding hydrogens is 464 g/mol. The second-order valence-corrected chi connectivity index (χ2v) is 13.6. The van der Waals surface area contributed by atoms with Gasteiger partial charge in [-0.2, -0.15) is 0 Å². The fourth-order valence-electron chi connectivity index (χ4n) is 3.12. The first kappa shape index (κ1) is 26.6. The van der Waals surface area contributed by atoms with Crippen molar-refractivity contribution in [2.45, 2.75) is 76.4 Å². The quantitative estimate of drug-likeness (QED) is 0.267. The summed E-state index contributed by atoms with van der Waals surface area (Å²) in [7, 11) is -9.36. The summed E-state index contributed by atoms with van der Waals surface area (Å²) in [4.78, 5) is 2.11. The van der Waals surface area contributed by atoms with Crippen LogP contribution < -0.4 is 9.47 Å². The highest BCUT2D eigenvalue weighted by molar-refractivity contribution is 8.31. The molecule has 180 valence electrons. The third-order valence-corrected chi connectivity index (χ3v) is 8.73. The predicted octanol–water partition coefficient (Wildman–Crippen LogP) is 4.49. The van der Waals surface area contributed by atoms with Crippen LogP contribution in [0.25, 0.3) is 5.53 Å². The molecule has 0 bridgehead atoms. The van der Waals surface area contributed by atoms with Gasteiger partial charge in [0.05, 0.1) is 9.79 Å². The topological polar surface area (TPSA) is 123 Å². The summed E-state index contributed by atoms with van der Waals surface area (Å²) in [6, 6.07) is 8.31. The van der Waals surface area contributed by atoms with Gasteiger partial charge in [0, 0.05) is 0 Å². The monoisotopic (exact) mass is 494 g/mol. The van der Waals surface area contributed by atoms with Crippen molar-refractivity contribution in [1.82, 2.24) is 0 Å². The van der Waals surface area contributed by atoms with Gasteiger partial charge in [-0.05, 0) is 103 Å². The molecule has 0 aliphatic heterocycles. The second kappa shape index (κ2) is 8.93. The molecule has 0 aliphatic rings. The van der Waals surface area contributed by atoms with E-state index >= 15 is 0 Å². The summed E-state index contributed by atoms with van der Waals surface area (Å²) in [6.07, 6.45) is 0. The standard InChI is InChI=1S/C23H30N2O6S2/c1-15-13-17(30-22(3,4)5)9-11-19(15)32(26,27)21(25-24)33(28,29)20-12-10-18(14-16(20)2)31-23(6,7)8/h9-14H,1-8H3. The molecule has 0 heterocycles. The van der Waals surface area contributed by atoms with Crippen LogP contribution in [-0.2, 0) is 19.7 Å². The van der Waals surface area contributed by atoms with E-state index in [1.807, 2.05) is 41.5 Å². The van der Waals surface area contributed by atoms with Crippen molar-refractivity contribution in [3.05, 3.63) is 53.1 Å². The number of nitrogens with zero attached hydrogens (tertiary/aromatic N) is 2. The SMILES string of the molecule is Cc1cc(OC(C)(C)C)ccc1S(=O)(=O)C(=[N+]=[N-])S(=O)(=O)c1ccc(OC(C)(C)C)cc1C. The summed E-state index contributed by atoms with van der Waals surface area (Å²) < 4.78 is 63.0. The molecule has 0 saturated heterocycles. The van der Waals surface area contributed by atoms with Gasteiger partial charge < -0.3 is 15.0 Å². The lowest BCUT2D eigenvalue weighted by Crippen LogP contribution is -2.28. The van der Waals surface area contributed by atoms with Gasteiger partial charge in [-0.1, -0.05) is 0 Å². The summed E-state index contributed by atoms with van der Waals surface area (Å²) in [5, 5.41) is 0. The lowest BCUT2D eigenvalue weighted by Gasteiger charge is -2.22. The average Bonchev–Trinajstić information content (AvgIpc) is 2.58. The maximum atomic E-state index is 13.2. The molecule has 0 radical (unpaired) electrons. The third kappa shape index (κ3) is 6.22. The first-order valence-electron chi connectivity index (χ1n) is 10.2. The number of aryl methyl sites for hydroxylation is 2. The highest BCUT2D eigenvalue weighted by Gasteiger charge is 2.45. The van der Waals surface area contributed by atoms with Crippen LogP contribution in [0.4, 0.5) is 0 Å². The Morgan fingerprint density at radius 1 is 0.727 bits per heavy atom. The van der Waals surface area contributed by atoms with E-state index in [1.165, 1.54) is 50.2 Å². The Labute approximate surface area is 196 Å². The molecule has 33 heavy (non-hydrogen) atoms. The Bertz CT molecular complexity index is 1230. The number of ether oxygens (including phenoxy) is 2. The van der Waals surface area contributed by atoms with Crippen LogP contribution in [0, 0.1) is 13.8 Å². The van der Waals surface area contributed by atoms with Gasteiger partial charge in [-0.25, -0.2) is 16.8 Å². The van der Waals surface area contributed by atoms with Crippen molar-refractivity contribution in [3.8, 4) is 11.5 Å². The molecule has 10 heteroatoms. The molecule has 0 aliphatic carbocycles. The summed E-state index contributed by atoms with van der Waals surface area (Å²) in [5.41, 5.74) is 8.98. The predicted molar refractivity (Wildman–Crippen MR) is 126 cm³/mol. The first-order chi connectivity index (χ1) is 14.9. The van der Waals surface area contributed by atoms with E-state index in [0.29, 0.717) is 11.5 Å². The minimum atomic E-state index is -4.68. The number of hydrogen-bond donors (Lipinski definition) is 0. The summed E-state index contributed by atoms with van der Waals surface area (Å²) >= 11 is 0. The molecule has 0 fully saturated rings. The fraction of sp³-hybridized carbons (Fsp3) is 0.435. The van der Waals surface area contributed by atoms with Crippen molar-refractivity contribution in [2.24, 2.45) is 0 Å². The zero-order valence-corrected chi connectivity index (χ0v) is 21.8. The van der Waals surface area contributed by atoms with Crippen LogP contribution in [0.1, 0.15) is 52.7 Å². The maximum Gasteiger partial charge on any atom is 0.504 e. The lowest BCUT2D eigenvalue weighted by molar-refractivity contribution is 0.00379. The van der Waals surface area contributed by atoms with Crippen LogP contribution in [0.3, 0.4) is 0 Å². The van der Waals surface area contributed by atoms with Gasteiger partial charge >= 0.3 is 4.38 Å². The minimum Gasteiger partial charge on any atom is -0.488 e. The number of rotatable bonds is 4. The highest BCUT2D eigenvalue weighted by atomic mass is 32.3. The number of hydrogen-bond acceptors (Lipinski definition) is 6. The zero-order chi connectivity index (χ0) is 25.4. The fourth-order valence-corrected chi connectivity index (χ4v) is 6.87. The molecule has 2 aromatic rings. The maximum absolute atomic E-state index is 13.2. The Morgan fingerprint density at radius 3 is 1.30 bits per heavy atom. The number of sulfone groups is 2. The Kier molecular flexibility index (Phi) is 7.19. The van der Waals surface area contributed by atoms with E-state index in [4.69, 9.17) is 9.47 Å². The van der Waals surface area contributed by atoms with Crippen LogP contribution >= 0.6 is 0 Å². The van der Waals surface area contributed by atoms with Gasteiger partial charge in [-0.3, -0.25) is 0 Å². The molecule has 0 spiro atoms. The van der Waals surface area contributed by atoms with Gasteiger partial charge in [0.15, 0.2) is 0 Å². The van der Waals surface area contributed by atoms with E-state index < -0.39 is 35.3 Å². The Balaban J connectivity index is 2.54. The average molecular weight is 495 g/mol. The molecule has 0 amide bonds. The molecule has 0 aromatic heterocycles. The van der Waals surface area contributed by atoms with Crippen LogP contribution in [0.2, 0.25) is 0 Å². The minimum absolute atomic E-state index is 0.249. The van der Waals surface area contributed by atoms with E-state index in [9.17, 15) is 22.4 Å². The lowest BCUT2D eigenvalue weighted by atomic mass is 10.2. The summed E-state index contributed by atoms with van der Waals surface area (Å²) in [5.74, 6) is 0.851. The molecule has 0 atom stereocenters. The van der Waals surface area contributed by atoms with Crippen molar-refractivity contribution in [1.29, 1.82) is 0 Å². The molecule has 2 rings (SSSR count). The second-order valence-electron chi connectivity index (χ2n) is 9.66. The largest absolute Gasteiger partial charge is 0.504 e. The van der Waals surface area contributed by atoms with Gasteiger partial charge in [0.2, 0.25) is 0 Å². The molecule has 2 aromatic carbocycles. The van der Waals surface area contributed by atoms with Gasteiger partial charge in [0.1, 0.15) is 22.7 Å². The van der Waals surface area contributed by atoms with Crippen molar-refractivity contribution >= 4 is 24.1 Å². The van der Waals surface area contributed by atoms with Crippen LogP contribution in [0.5, 0.6) is 11.5 Å². The molecule has 0 saturated carbocycles. The van der Waals surface area contributed by atoms with E-state index in [-0.39, 0.29) is 20.9 Å². The van der Waals surface area contributed by atoms with Crippen LogP contribution in [-0.4, -0.2) is 37.2 Å². The van der Waals surface area contributed by atoms with E-state index in [0.717, 1.165) is 0 Å². The van der Waals surface area contributed by atoms with Crippen LogP contribution in [0.15, 0.2) is 46.2 Å². The van der Waals surface area contributed by atoms with E-state index in [1.54, 1.807) is 0 Å². The number of benzene rings is 2. The Morgan fingerprint density at radius 2 is 1.06 bits per heavy atom. The normalized spacial score (nSPS) is 12.7. The van der Waals surface area contributed by atoms with E-state index in [2.05, 4.69) is 4.79 Å². The third-order valence-electron chi connectivity index (χ3n) is 4.26. The smallest absolute Gasteiger partial charge is 0.488 e. The summed E-state index contributed by atoms with van der Waals surface area (Å²) in [6.45, 7) is 14.1. The molecule has 0 N–H and O–H groups in total.